The zero-order valence-corrected chi connectivity index (χ0v) is 12.4. The highest BCUT2D eigenvalue weighted by atomic mass is 35.5. The maximum atomic E-state index is 12.3. The fourth-order valence-corrected chi connectivity index (χ4v) is 2.34. The quantitative estimate of drug-likeness (QED) is 0.784. The van der Waals surface area contributed by atoms with Crippen molar-refractivity contribution in [3.63, 3.8) is 0 Å². The molecule has 2 rings (SSSR count). The van der Waals surface area contributed by atoms with Gasteiger partial charge >= 0.3 is 0 Å². The summed E-state index contributed by atoms with van der Waals surface area (Å²) in [6, 6.07) is 7.44. The van der Waals surface area contributed by atoms with Crippen molar-refractivity contribution in [2.75, 3.05) is 32.9 Å². The second-order valence-corrected chi connectivity index (χ2v) is 5.16. The van der Waals surface area contributed by atoms with Crippen LogP contribution >= 0.6 is 11.6 Å². The van der Waals surface area contributed by atoms with Crippen molar-refractivity contribution in [1.82, 2.24) is 4.90 Å². The SMILES string of the molecule is CCCOc1cccc(C(Cl)C(=O)N2CCOCC2)c1. The Bertz CT molecular complexity index is 446. The summed E-state index contributed by atoms with van der Waals surface area (Å²) in [6.07, 6.45) is 0.946. The van der Waals surface area contributed by atoms with Gasteiger partial charge in [0.15, 0.2) is 0 Å². The fraction of sp³-hybridized carbons (Fsp3) is 0.533. The largest absolute Gasteiger partial charge is 0.494 e. The molecule has 0 spiro atoms. The third-order valence-corrected chi connectivity index (χ3v) is 3.60. The number of rotatable bonds is 5. The third-order valence-electron chi connectivity index (χ3n) is 3.16. The molecule has 0 aromatic heterocycles. The minimum Gasteiger partial charge on any atom is -0.494 e. The van der Waals surface area contributed by atoms with E-state index in [0.717, 1.165) is 17.7 Å². The zero-order chi connectivity index (χ0) is 14.4. The van der Waals surface area contributed by atoms with Gasteiger partial charge in [-0.1, -0.05) is 19.1 Å². The van der Waals surface area contributed by atoms with Crippen LogP contribution in [-0.4, -0.2) is 43.7 Å². The van der Waals surface area contributed by atoms with Crippen LogP contribution in [0.15, 0.2) is 24.3 Å². The third kappa shape index (κ3) is 3.87. The summed E-state index contributed by atoms with van der Waals surface area (Å²) in [5.41, 5.74) is 0.775. The molecule has 1 aromatic rings. The summed E-state index contributed by atoms with van der Waals surface area (Å²) in [4.78, 5) is 14.1. The van der Waals surface area contributed by atoms with Gasteiger partial charge in [-0.2, -0.15) is 0 Å². The maximum Gasteiger partial charge on any atom is 0.245 e. The van der Waals surface area contributed by atoms with Crippen LogP contribution in [0.3, 0.4) is 0 Å². The molecule has 0 bridgehead atoms. The minimum absolute atomic E-state index is 0.0670. The topological polar surface area (TPSA) is 38.8 Å². The number of carbonyl (C=O) groups is 1. The van der Waals surface area contributed by atoms with Gasteiger partial charge in [0.1, 0.15) is 11.1 Å². The number of amides is 1. The van der Waals surface area contributed by atoms with Crippen LogP contribution < -0.4 is 4.74 Å². The number of alkyl halides is 1. The Morgan fingerprint density at radius 3 is 2.90 bits per heavy atom. The molecule has 0 N–H and O–H groups in total. The van der Waals surface area contributed by atoms with E-state index >= 15 is 0 Å². The molecule has 0 saturated carbocycles. The maximum absolute atomic E-state index is 12.3. The number of benzene rings is 1. The Morgan fingerprint density at radius 1 is 1.45 bits per heavy atom. The van der Waals surface area contributed by atoms with Gasteiger partial charge in [0.05, 0.1) is 19.8 Å². The molecule has 1 amide bonds. The van der Waals surface area contributed by atoms with E-state index in [4.69, 9.17) is 21.1 Å². The summed E-state index contributed by atoms with van der Waals surface area (Å²) in [7, 11) is 0. The molecular weight excluding hydrogens is 278 g/mol. The number of hydrogen-bond acceptors (Lipinski definition) is 3. The number of hydrogen-bond donors (Lipinski definition) is 0. The molecule has 1 aliphatic heterocycles. The average Bonchev–Trinajstić information content (AvgIpc) is 2.52. The molecule has 1 heterocycles. The van der Waals surface area contributed by atoms with Crippen LogP contribution in [-0.2, 0) is 9.53 Å². The van der Waals surface area contributed by atoms with E-state index in [9.17, 15) is 4.79 Å². The Balaban J connectivity index is 2.03. The second kappa shape index (κ2) is 7.50. The first-order valence-electron chi connectivity index (χ1n) is 6.95. The summed E-state index contributed by atoms with van der Waals surface area (Å²) < 4.78 is 10.8. The molecule has 5 heteroatoms. The summed E-state index contributed by atoms with van der Waals surface area (Å²) in [5, 5.41) is -0.668. The van der Waals surface area contributed by atoms with E-state index in [-0.39, 0.29) is 5.91 Å². The lowest BCUT2D eigenvalue weighted by Gasteiger charge is -2.28. The van der Waals surface area contributed by atoms with E-state index in [1.54, 1.807) is 4.90 Å². The molecule has 20 heavy (non-hydrogen) atoms. The van der Waals surface area contributed by atoms with Gasteiger partial charge < -0.3 is 14.4 Å². The van der Waals surface area contributed by atoms with Gasteiger partial charge in [0.25, 0.3) is 0 Å². The Kier molecular flexibility index (Phi) is 5.68. The summed E-state index contributed by atoms with van der Waals surface area (Å²) in [5.74, 6) is 0.687. The highest BCUT2D eigenvalue weighted by Gasteiger charge is 2.25. The fourth-order valence-electron chi connectivity index (χ4n) is 2.07. The van der Waals surface area contributed by atoms with Crippen LogP contribution in [0.25, 0.3) is 0 Å². The van der Waals surface area contributed by atoms with Crippen molar-refractivity contribution in [3.05, 3.63) is 29.8 Å². The van der Waals surface area contributed by atoms with E-state index in [0.29, 0.717) is 32.9 Å². The van der Waals surface area contributed by atoms with Crippen LogP contribution in [0.2, 0.25) is 0 Å². The lowest BCUT2D eigenvalue weighted by atomic mass is 10.1. The molecule has 0 radical (unpaired) electrons. The molecule has 0 aliphatic carbocycles. The predicted molar refractivity (Wildman–Crippen MR) is 78.2 cm³/mol. The molecule has 4 nitrogen and oxygen atoms in total. The van der Waals surface area contributed by atoms with Crippen molar-refractivity contribution < 1.29 is 14.3 Å². The van der Waals surface area contributed by atoms with Gasteiger partial charge in [-0.15, -0.1) is 11.6 Å². The highest BCUT2D eigenvalue weighted by molar-refractivity contribution is 6.30. The van der Waals surface area contributed by atoms with Crippen molar-refractivity contribution >= 4 is 17.5 Å². The predicted octanol–water partition coefficient (Wildman–Crippen LogP) is 2.61. The van der Waals surface area contributed by atoms with Crippen LogP contribution in [0.4, 0.5) is 0 Å². The molecule has 1 atom stereocenters. The van der Waals surface area contributed by atoms with Gasteiger partial charge in [-0.05, 0) is 24.1 Å². The molecule has 1 aromatic carbocycles. The Labute approximate surface area is 124 Å². The Hall–Kier alpha value is -1.26. The summed E-state index contributed by atoms with van der Waals surface area (Å²) in [6.45, 7) is 5.08. The molecule has 1 saturated heterocycles. The minimum atomic E-state index is -0.668. The first-order chi connectivity index (χ1) is 9.72. The van der Waals surface area contributed by atoms with Crippen molar-refractivity contribution in [1.29, 1.82) is 0 Å². The average molecular weight is 298 g/mol. The monoisotopic (exact) mass is 297 g/mol. The number of carbonyl (C=O) groups excluding carboxylic acids is 1. The first-order valence-corrected chi connectivity index (χ1v) is 7.39. The number of nitrogens with zero attached hydrogens (tertiary/aromatic N) is 1. The molecule has 110 valence electrons. The Morgan fingerprint density at radius 2 is 2.20 bits per heavy atom. The molecule has 1 fully saturated rings. The highest BCUT2D eigenvalue weighted by Crippen LogP contribution is 2.26. The van der Waals surface area contributed by atoms with E-state index in [1.807, 2.05) is 24.3 Å². The van der Waals surface area contributed by atoms with E-state index < -0.39 is 5.38 Å². The molecule has 1 aliphatic rings. The lowest BCUT2D eigenvalue weighted by Crippen LogP contribution is -2.42. The zero-order valence-electron chi connectivity index (χ0n) is 11.7. The lowest BCUT2D eigenvalue weighted by molar-refractivity contribution is -0.134. The van der Waals surface area contributed by atoms with Crippen LogP contribution in [0.5, 0.6) is 5.75 Å². The van der Waals surface area contributed by atoms with E-state index in [1.165, 1.54) is 0 Å². The van der Waals surface area contributed by atoms with Crippen LogP contribution in [0, 0.1) is 0 Å². The smallest absolute Gasteiger partial charge is 0.245 e. The number of halogens is 1. The van der Waals surface area contributed by atoms with Crippen molar-refractivity contribution in [2.45, 2.75) is 18.7 Å². The molecule has 1 unspecified atom stereocenters. The number of morpholine rings is 1. The van der Waals surface area contributed by atoms with Crippen molar-refractivity contribution in [2.24, 2.45) is 0 Å². The standard InChI is InChI=1S/C15H20ClNO3/c1-2-8-20-13-5-3-4-12(11-13)14(16)15(18)17-6-9-19-10-7-17/h3-5,11,14H,2,6-10H2,1H3. The van der Waals surface area contributed by atoms with Gasteiger partial charge in [-0.3, -0.25) is 4.79 Å². The van der Waals surface area contributed by atoms with Gasteiger partial charge in [-0.25, -0.2) is 0 Å². The second-order valence-electron chi connectivity index (χ2n) is 4.72. The summed E-state index contributed by atoms with van der Waals surface area (Å²) >= 11 is 6.31. The first kappa shape index (κ1) is 15.1. The van der Waals surface area contributed by atoms with E-state index in [2.05, 4.69) is 6.92 Å². The van der Waals surface area contributed by atoms with Gasteiger partial charge in [0, 0.05) is 13.1 Å². The van der Waals surface area contributed by atoms with Crippen LogP contribution in [0.1, 0.15) is 24.3 Å². The normalized spacial score (nSPS) is 16.8. The van der Waals surface area contributed by atoms with Crippen molar-refractivity contribution in [3.8, 4) is 5.75 Å². The van der Waals surface area contributed by atoms with Gasteiger partial charge in [0.2, 0.25) is 5.91 Å². The molecular formula is C15H20ClNO3. The number of ether oxygens (including phenoxy) is 2.